The van der Waals surface area contributed by atoms with Gasteiger partial charge in [-0.3, -0.25) is 4.79 Å². The van der Waals surface area contributed by atoms with Crippen LogP contribution in [0.4, 0.5) is 0 Å². The molecule has 3 atom stereocenters. The highest BCUT2D eigenvalue weighted by molar-refractivity contribution is 5.79. The summed E-state index contributed by atoms with van der Waals surface area (Å²) in [6, 6.07) is 0. The zero-order chi connectivity index (χ0) is 17.0. The Hall–Kier alpha value is -1.05. The fraction of sp³-hybridized carbons (Fsp3) is 0.762. The Morgan fingerprint density at radius 2 is 2.09 bits per heavy atom. The summed E-state index contributed by atoms with van der Waals surface area (Å²) >= 11 is 0. The molecule has 1 amide bonds. The molecule has 0 spiro atoms. The van der Waals surface area contributed by atoms with Gasteiger partial charge in [-0.05, 0) is 55.3 Å². The van der Waals surface area contributed by atoms with Crippen LogP contribution in [0.3, 0.4) is 0 Å². The lowest BCUT2D eigenvalue weighted by molar-refractivity contribution is -0.130. The van der Waals surface area contributed by atoms with Crippen molar-refractivity contribution in [2.45, 2.75) is 66.7 Å². The topological polar surface area (TPSA) is 29.1 Å². The van der Waals surface area contributed by atoms with Gasteiger partial charge in [-0.25, -0.2) is 0 Å². The van der Waals surface area contributed by atoms with Crippen LogP contribution in [0.5, 0.6) is 0 Å². The minimum absolute atomic E-state index is 0.186. The van der Waals surface area contributed by atoms with E-state index in [1.807, 2.05) is 0 Å². The van der Waals surface area contributed by atoms with Crippen LogP contribution in [-0.4, -0.2) is 12.5 Å². The standard InChI is InChI=1S/C21H35NO/c1-15(2)18-11-12-21(4,5)13-19(18)20(23)22-14-16(3)17-9-7-6-8-10-17/h6-7,9,15-16,18-19H,8,10-14H2,1-5H3,(H,22,23)/t16-,18?,19?/m0/s1. The molecule has 0 aromatic carbocycles. The lowest BCUT2D eigenvalue weighted by Crippen LogP contribution is -2.43. The third-order valence-electron chi connectivity index (χ3n) is 5.90. The molecule has 2 unspecified atom stereocenters. The minimum atomic E-state index is 0.186. The zero-order valence-electron chi connectivity index (χ0n) is 15.7. The summed E-state index contributed by atoms with van der Waals surface area (Å²) in [6.45, 7) is 12.2. The van der Waals surface area contributed by atoms with Crippen LogP contribution < -0.4 is 5.32 Å². The molecule has 0 radical (unpaired) electrons. The van der Waals surface area contributed by atoms with Gasteiger partial charge < -0.3 is 5.32 Å². The van der Waals surface area contributed by atoms with E-state index < -0.39 is 0 Å². The third kappa shape index (κ3) is 4.96. The van der Waals surface area contributed by atoms with Gasteiger partial charge in [-0.1, -0.05) is 58.4 Å². The highest BCUT2D eigenvalue weighted by atomic mass is 16.1. The molecule has 23 heavy (non-hydrogen) atoms. The van der Waals surface area contributed by atoms with Crippen molar-refractivity contribution in [2.75, 3.05) is 6.54 Å². The monoisotopic (exact) mass is 317 g/mol. The first kappa shape index (κ1) is 18.3. The zero-order valence-corrected chi connectivity index (χ0v) is 15.7. The van der Waals surface area contributed by atoms with Gasteiger partial charge in [0, 0.05) is 12.5 Å². The number of hydrogen-bond donors (Lipinski definition) is 1. The van der Waals surface area contributed by atoms with Crippen molar-refractivity contribution in [2.24, 2.45) is 29.1 Å². The second-order valence-corrected chi connectivity index (χ2v) is 8.78. The number of amides is 1. The Morgan fingerprint density at radius 1 is 1.35 bits per heavy atom. The summed E-state index contributed by atoms with van der Waals surface area (Å²) in [5, 5.41) is 3.27. The molecule has 0 heterocycles. The quantitative estimate of drug-likeness (QED) is 0.749. The van der Waals surface area contributed by atoms with E-state index in [1.165, 1.54) is 18.4 Å². The Kier molecular flexibility index (Phi) is 6.11. The maximum atomic E-state index is 12.8. The Balaban J connectivity index is 1.94. The summed E-state index contributed by atoms with van der Waals surface area (Å²) in [5.41, 5.74) is 1.77. The smallest absolute Gasteiger partial charge is 0.223 e. The average Bonchev–Trinajstić information content (AvgIpc) is 2.51. The van der Waals surface area contributed by atoms with Crippen LogP contribution in [0.25, 0.3) is 0 Å². The van der Waals surface area contributed by atoms with Crippen LogP contribution >= 0.6 is 0 Å². The van der Waals surface area contributed by atoms with E-state index in [4.69, 9.17) is 0 Å². The Labute approximate surface area is 142 Å². The van der Waals surface area contributed by atoms with E-state index in [9.17, 15) is 4.79 Å². The minimum Gasteiger partial charge on any atom is -0.355 e. The lowest BCUT2D eigenvalue weighted by Gasteiger charge is -2.42. The first-order chi connectivity index (χ1) is 10.8. The van der Waals surface area contributed by atoms with Crippen molar-refractivity contribution in [3.05, 3.63) is 23.8 Å². The van der Waals surface area contributed by atoms with E-state index >= 15 is 0 Å². The van der Waals surface area contributed by atoms with Gasteiger partial charge in [0.15, 0.2) is 0 Å². The molecule has 0 aromatic heterocycles. The van der Waals surface area contributed by atoms with E-state index in [2.05, 4.69) is 58.2 Å². The van der Waals surface area contributed by atoms with E-state index in [-0.39, 0.29) is 11.8 Å². The van der Waals surface area contributed by atoms with Gasteiger partial charge in [0.25, 0.3) is 0 Å². The number of carbonyl (C=O) groups excluding carboxylic acids is 1. The predicted molar refractivity (Wildman–Crippen MR) is 98.1 cm³/mol. The van der Waals surface area contributed by atoms with Gasteiger partial charge in [-0.15, -0.1) is 0 Å². The van der Waals surface area contributed by atoms with Crippen molar-refractivity contribution < 1.29 is 4.79 Å². The second kappa shape index (κ2) is 7.68. The highest BCUT2D eigenvalue weighted by Crippen LogP contribution is 2.44. The fourth-order valence-electron chi connectivity index (χ4n) is 4.24. The number of rotatable bonds is 5. The third-order valence-corrected chi connectivity index (χ3v) is 5.90. The lowest BCUT2D eigenvalue weighted by atomic mass is 9.64. The molecule has 2 heteroatoms. The molecule has 0 saturated heterocycles. The van der Waals surface area contributed by atoms with Crippen molar-refractivity contribution in [1.82, 2.24) is 5.32 Å². The van der Waals surface area contributed by atoms with Crippen LogP contribution in [0.1, 0.15) is 66.7 Å². The van der Waals surface area contributed by atoms with Gasteiger partial charge in [-0.2, -0.15) is 0 Å². The fourth-order valence-corrected chi connectivity index (χ4v) is 4.24. The van der Waals surface area contributed by atoms with Crippen molar-refractivity contribution in [1.29, 1.82) is 0 Å². The van der Waals surface area contributed by atoms with Crippen LogP contribution in [0.15, 0.2) is 23.8 Å². The molecule has 0 aromatic rings. The molecule has 2 nitrogen and oxygen atoms in total. The number of allylic oxidation sites excluding steroid dienone is 3. The normalized spacial score (nSPS) is 28.3. The van der Waals surface area contributed by atoms with E-state index in [1.54, 1.807) is 0 Å². The second-order valence-electron chi connectivity index (χ2n) is 8.78. The largest absolute Gasteiger partial charge is 0.355 e. The SMILES string of the molecule is CC(C)C1CCC(C)(C)CC1C(=O)NC[C@H](C)C1=CC=CCC1. The van der Waals surface area contributed by atoms with Crippen molar-refractivity contribution in [3.63, 3.8) is 0 Å². The summed E-state index contributed by atoms with van der Waals surface area (Å²) in [4.78, 5) is 12.8. The Bertz CT molecular complexity index is 472. The molecular weight excluding hydrogens is 282 g/mol. The summed E-state index contributed by atoms with van der Waals surface area (Å²) in [5.74, 6) is 2.04. The van der Waals surface area contributed by atoms with Crippen LogP contribution in [0.2, 0.25) is 0 Å². The summed E-state index contributed by atoms with van der Waals surface area (Å²) in [7, 11) is 0. The average molecular weight is 318 g/mol. The summed E-state index contributed by atoms with van der Waals surface area (Å²) < 4.78 is 0. The molecule has 130 valence electrons. The van der Waals surface area contributed by atoms with E-state index in [0.29, 0.717) is 23.2 Å². The molecule has 2 aliphatic rings. The van der Waals surface area contributed by atoms with Crippen LogP contribution in [-0.2, 0) is 4.79 Å². The molecular formula is C21H35NO. The predicted octanol–water partition coefficient (Wildman–Crippen LogP) is 5.11. The highest BCUT2D eigenvalue weighted by Gasteiger charge is 2.39. The molecule has 2 rings (SSSR count). The molecule has 2 aliphatic carbocycles. The molecule has 0 bridgehead atoms. The summed E-state index contributed by atoms with van der Waals surface area (Å²) in [6.07, 6.45) is 12.3. The Morgan fingerprint density at radius 3 is 2.70 bits per heavy atom. The number of carbonyl (C=O) groups is 1. The number of nitrogens with one attached hydrogen (secondary N) is 1. The molecule has 1 N–H and O–H groups in total. The number of hydrogen-bond acceptors (Lipinski definition) is 1. The maximum absolute atomic E-state index is 12.8. The molecule has 1 fully saturated rings. The van der Waals surface area contributed by atoms with Gasteiger partial charge in [0.05, 0.1) is 0 Å². The van der Waals surface area contributed by atoms with Crippen molar-refractivity contribution in [3.8, 4) is 0 Å². The van der Waals surface area contributed by atoms with Gasteiger partial charge >= 0.3 is 0 Å². The molecule has 1 saturated carbocycles. The van der Waals surface area contributed by atoms with Crippen LogP contribution in [0, 0.1) is 29.1 Å². The van der Waals surface area contributed by atoms with E-state index in [0.717, 1.165) is 25.8 Å². The van der Waals surface area contributed by atoms with Crippen molar-refractivity contribution >= 4 is 5.91 Å². The first-order valence-corrected chi connectivity index (χ1v) is 9.43. The first-order valence-electron chi connectivity index (χ1n) is 9.43. The maximum Gasteiger partial charge on any atom is 0.223 e. The van der Waals surface area contributed by atoms with Gasteiger partial charge in [0.2, 0.25) is 5.91 Å². The van der Waals surface area contributed by atoms with Gasteiger partial charge in [0.1, 0.15) is 0 Å². The molecule has 0 aliphatic heterocycles.